The SMILES string of the molecule is COc1ccc2oc(CNC(C)CCn3cccn3)nc2c1. The molecule has 6 heteroatoms. The monoisotopic (exact) mass is 300 g/mol. The number of nitrogens with one attached hydrogen (secondary N) is 1. The summed E-state index contributed by atoms with van der Waals surface area (Å²) in [6.45, 7) is 3.65. The van der Waals surface area contributed by atoms with Crippen molar-refractivity contribution in [2.75, 3.05) is 7.11 Å². The van der Waals surface area contributed by atoms with Crippen LogP contribution in [0.15, 0.2) is 41.1 Å². The highest BCUT2D eigenvalue weighted by Crippen LogP contribution is 2.21. The summed E-state index contributed by atoms with van der Waals surface area (Å²) in [7, 11) is 1.64. The maximum atomic E-state index is 5.72. The van der Waals surface area contributed by atoms with Gasteiger partial charge in [0.2, 0.25) is 5.89 Å². The van der Waals surface area contributed by atoms with Gasteiger partial charge in [0, 0.05) is 31.0 Å². The number of oxazole rings is 1. The van der Waals surface area contributed by atoms with Crippen LogP contribution in [0.2, 0.25) is 0 Å². The molecule has 0 radical (unpaired) electrons. The lowest BCUT2D eigenvalue weighted by molar-refractivity contribution is 0.415. The Bertz CT molecular complexity index is 721. The average molecular weight is 300 g/mol. The predicted octanol–water partition coefficient (Wildman–Crippen LogP) is 2.60. The van der Waals surface area contributed by atoms with Gasteiger partial charge < -0.3 is 14.5 Å². The summed E-state index contributed by atoms with van der Waals surface area (Å²) < 4.78 is 12.8. The summed E-state index contributed by atoms with van der Waals surface area (Å²) >= 11 is 0. The largest absolute Gasteiger partial charge is 0.497 e. The summed E-state index contributed by atoms with van der Waals surface area (Å²) in [5.74, 6) is 1.47. The van der Waals surface area contributed by atoms with Crippen molar-refractivity contribution in [1.82, 2.24) is 20.1 Å². The van der Waals surface area contributed by atoms with Crippen LogP contribution in [0.1, 0.15) is 19.2 Å². The molecule has 0 fully saturated rings. The van der Waals surface area contributed by atoms with Crippen LogP contribution in [0.25, 0.3) is 11.1 Å². The fraction of sp³-hybridized carbons (Fsp3) is 0.375. The molecule has 0 amide bonds. The lowest BCUT2D eigenvalue weighted by Crippen LogP contribution is -2.27. The number of rotatable bonds is 7. The number of hydrogen-bond donors (Lipinski definition) is 1. The third kappa shape index (κ3) is 3.46. The van der Waals surface area contributed by atoms with Crippen molar-refractivity contribution in [3.05, 3.63) is 42.5 Å². The molecule has 0 aliphatic heterocycles. The quantitative estimate of drug-likeness (QED) is 0.726. The molecular formula is C16H20N4O2. The van der Waals surface area contributed by atoms with Gasteiger partial charge in [0.15, 0.2) is 5.58 Å². The van der Waals surface area contributed by atoms with Crippen molar-refractivity contribution >= 4 is 11.1 Å². The first kappa shape index (κ1) is 14.6. The number of hydrogen-bond acceptors (Lipinski definition) is 5. The van der Waals surface area contributed by atoms with Gasteiger partial charge in [-0.1, -0.05) is 0 Å². The molecule has 2 heterocycles. The molecule has 1 unspecified atom stereocenters. The zero-order chi connectivity index (χ0) is 15.4. The number of fused-ring (bicyclic) bond motifs is 1. The second kappa shape index (κ2) is 6.62. The zero-order valence-corrected chi connectivity index (χ0v) is 12.8. The van der Waals surface area contributed by atoms with Gasteiger partial charge in [0.05, 0.1) is 13.7 Å². The molecule has 0 spiro atoms. The van der Waals surface area contributed by atoms with E-state index in [4.69, 9.17) is 9.15 Å². The summed E-state index contributed by atoms with van der Waals surface area (Å²) in [5, 5.41) is 7.62. The first-order valence-electron chi connectivity index (χ1n) is 7.39. The third-order valence-electron chi connectivity index (χ3n) is 3.59. The molecule has 3 rings (SSSR count). The van der Waals surface area contributed by atoms with Crippen molar-refractivity contribution < 1.29 is 9.15 Å². The fourth-order valence-corrected chi connectivity index (χ4v) is 2.28. The highest BCUT2D eigenvalue weighted by molar-refractivity contribution is 5.74. The van der Waals surface area contributed by atoms with Crippen molar-refractivity contribution in [1.29, 1.82) is 0 Å². The summed E-state index contributed by atoms with van der Waals surface area (Å²) in [6, 6.07) is 7.92. The summed E-state index contributed by atoms with van der Waals surface area (Å²) in [6.07, 6.45) is 4.77. The third-order valence-corrected chi connectivity index (χ3v) is 3.59. The molecule has 2 aromatic heterocycles. The number of nitrogens with zero attached hydrogens (tertiary/aromatic N) is 3. The zero-order valence-electron chi connectivity index (χ0n) is 12.8. The molecule has 0 aliphatic carbocycles. The van der Waals surface area contributed by atoms with Crippen molar-refractivity contribution in [2.45, 2.75) is 32.5 Å². The van der Waals surface area contributed by atoms with Gasteiger partial charge in [-0.2, -0.15) is 5.10 Å². The van der Waals surface area contributed by atoms with Gasteiger partial charge in [0.1, 0.15) is 11.3 Å². The highest BCUT2D eigenvalue weighted by atomic mass is 16.5. The fourth-order valence-electron chi connectivity index (χ4n) is 2.28. The van der Waals surface area contributed by atoms with E-state index in [1.54, 1.807) is 13.3 Å². The van der Waals surface area contributed by atoms with Gasteiger partial charge in [-0.25, -0.2) is 4.98 Å². The van der Waals surface area contributed by atoms with E-state index < -0.39 is 0 Å². The van der Waals surface area contributed by atoms with Gasteiger partial charge in [-0.15, -0.1) is 0 Å². The molecule has 116 valence electrons. The second-order valence-corrected chi connectivity index (χ2v) is 5.28. The Labute approximate surface area is 129 Å². The smallest absolute Gasteiger partial charge is 0.209 e. The van der Waals surface area contributed by atoms with Crippen LogP contribution >= 0.6 is 0 Å². The van der Waals surface area contributed by atoms with Crippen LogP contribution in [0.5, 0.6) is 5.75 Å². The van der Waals surface area contributed by atoms with Crippen LogP contribution in [0, 0.1) is 0 Å². The standard InChI is InChI=1S/C16H20N4O2/c1-12(6-9-20-8-3-7-18-20)17-11-16-19-14-10-13(21-2)4-5-15(14)22-16/h3-5,7-8,10,12,17H,6,9,11H2,1-2H3. The van der Waals surface area contributed by atoms with E-state index in [0.29, 0.717) is 18.5 Å². The van der Waals surface area contributed by atoms with Gasteiger partial charge in [-0.05, 0) is 31.5 Å². The van der Waals surface area contributed by atoms with E-state index in [1.165, 1.54) is 0 Å². The Balaban J connectivity index is 1.54. The number of ether oxygens (including phenoxy) is 1. The van der Waals surface area contributed by atoms with Crippen LogP contribution in [0.3, 0.4) is 0 Å². The van der Waals surface area contributed by atoms with Crippen LogP contribution < -0.4 is 10.1 Å². The normalized spacial score (nSPS) is 12.6. The first-order chi connectivity index (χ1) is 10.7. The molecule has 22 heavy (non-hydrogen) atoms. The molecule has 0 saturated heterocycles. The van der Waals surface area contributed by atoms with Gasteiger partial charge in [0.25, 0.3) is 0 Å². The van der Waals surface area contributed by atoms with Crippen molar-refractivity contribution in [3.63, 3.8) is 0 Å². The topological polar surface area (TPSA) is 65.1 Å². The van der Waals surface area contributed by atoms with Crippen molar-refractivity contribution in [2.24, 2.45) is 0 Å². The van der Waals surface area contributed by atoms with Crippen LogP contribution in [-0.2, 0) is 13.1 Å². The summed E-state index contributed by atoms with van der Waals surface area (Å²) in [4.78, 5) is 4.48. The minimum absolute atomic E-state index is 0.355. The molecule has 3 aromatic rings. The van der Waals surface area contributed by atoms with Crippen LogP contribution in [-0.4, -0.2) is 27.9 Å². The molecule has 6 nitrogen and oxygen atoms in total. The molecule has 0 saturated carbocycles. The van der Waals surface area contributed by atoms with E-state index in [0.717, 1.165) is 29.8 Å². The number of aromatic nitrogens is 3. The van der Waals surface area contributed by atoms with E-state index in [-0.39, 0.29) is 0 Å². The highest BCUT2D eigenvalue weighted by Gasteiger charge is 2.08. The van der Waals surface area contributed by atoms with E-state index in [1.807, 2.05) is 35.1 Å². The van der Waals surface area contributed by atoms with E-state index in [2.05, 4.69) is 22.3 Å². The summed E-state index contributed by atoms with van der Waals surface area (Å²) in [5.41, 5.74) is 1.60. The minimum Gasteiger partial charge on any atom is -0.497 e. The van der Waals surface area contributed by atoms with E-state index >= 15 is 0 Å². The Morgan fingerprint density at radius 1 is 1.41 bits per heavy atom. The first-order valence-corrected chi connectivity index (χ1v) is 7.39. The molecule has 1 atom stereocenters. The van der Waals surface area contributed by atoms with E-state index in [9.17, 15) is 0 Å². The Kier molecular flexibility index (Phi) is 4.39. The minimum atomic E-state index is 0.355. The Hall–Kier alpha value is -2.34. The molecule has 0 bridgehead atoms. The maximum Gasteiger partial charge on any atom is 0.209 e. The molecule has 1 aromatic carbocycles. The van der Waals surface area contributed by atoms with Crippen molar-refractivity contribution in [3.8, 4) is 5.75 Å². The van der Waals surface area contributed by atoms with Gasteiger partial charge >= 0.3 is 0 Å². The Morgan fingerprint density at radius 3 is 3.09 bits per heavy atom. The molecule has 0 aliphatic rings. The predicted molar refractivity (Wildman–Crippen MR) is 83.7 cm³/mol. The molecule has 1 N–H and O–H groups in total. The lowest BCUT2D eigenvalue weighted by atomic mass is 10.2. The lowest BCUT2D eigenvalue weighted by Gasteiger charge is -2.12. The average Bonchev–Trinajstić information content (AvgIpc) is 3.18. The second-order valence-electron chi connectivity index (χ2n) is 5.28. The van der Waals surface area contributed by atoms with Crippen LogP contribution in [0.4, 0.5) is 0 Å². The number of methoxy groups -OCH3 is 1. The molecular weight excluding hydrogens is 280 g/mol. The number of benzene rings is 1. The number of aryl methyl sites for hydroxylation is 1. The maximum absolute atomic E-state index is 5.72. The Morgan fingerprint density at radius 2 is 2.32 bits per heavy atom. The van der Waals surface area contributed by atoms with Gasteiger partial charge in [-0.3, -0.25) is 4.68 Å².